The Kier molecular flexibility index (Phi) is 7.69. The molecule has 2 fully saturated rings. The quantitative estimate of drug-likeness (QED) is 0.577. The second-order valence-corrected chi connectivity index (χ2v) is 7.37. The van der Waals surface area contributed by atoms with E-state index in [-0.39, 0.29) is 29.7 Å². The number of hydrogen-bond acceptors (Lipinski definition) is 4. The zero-order valence-corrected chi connectivity index (χ0v) is 17.3. The van der Waals surface area contributed by atoms with Gasteiger partial charge in [-0.3, -0.25) is 4.79 Å². The first-order chi connectivity index (χ1) is 14.1. The minimum atomic E-state index is -0.373. The van der Waals surface area contributed by atoms with Gasteiger partial charge in [0.15, 0.2) is 17.5 Å². The van der Waals surface area contributed by atoms with Gasteiger partial charge in [0.25, 0.3) is 5.91 Å². The Balaban J connectivity index is 1.52. The Hall–Kier alpha value is -2.35. The first kappa shape index (κ1) is 21.4. The molecule has 1 aromatic rings. The highest BCUT2D eigenvalue weighted by atomic mass is 19.1. The highest BCUT2D eigenvalue weighted by Gasteiger charge is 2.30. The number of hydrogen-bond donors (Lipinski definition) is 1. The van der Waals surface area contributed by atoms with Crippen molar-refractivity contribution < 1.29 is 18.7 Å². The van der Waals surface area contributed by atoms with Crippen molar-refractivity contribution in [2.45, 2.75) is 38.9 Å². The van der Waals surface area contributed by atoms with Gasteiger partial charge in [-0.1, -0.05) is 12.1 Å². The zero-order valence-electron chi connectivity index (χ0n) is 17.3. The van der Waals surface area contributed by atoms with Crippen molar-refractivity contribution in [2.24, 2.45) is 4.99 Å². The summed E-state index contributed by atoms with van der Waals surface area (Å²) in [5.41, 5.74) is 0. The van der Waals surface area contributed by atoms with Crippen LogP contribution in [0.15, 0.2) is 29.3 Å². The molecule has 0 aliphatic carbocycles. The molecular formula is C21H31FN4O3. The van der Waals surface area contributed by atoms with Crippen LogP contribution in [0.2, 0.25) is 0 Å². The van der Waals surface area contributed by atoms with E-state index in [1.165, 1.54) is 6.07 Å². The fraction of sp³-hybridized carbons (Fsp3) is 0.619. The van der Waals surface area contributed by atoms with E-state index in [4.69, 9.17) is 9.47 Å². The van der Waals surface area contributed by atoms with E-state index < -0.39 is 0 Å². The van der Waals surface area contributed by atoms with Gasteiger partial charge in [0.05, 0.1) is 6.54 Å². The third-order valence-corrected chi connectivity index (χ3v) is 5.09. The molecule has 160 valence electrons. The summed E-state index contributed by atoms with van der Waals surface area (Å²) in [5, 5.41) is 3.30. The van der Waals surface area contributed by atoms with Gasteiger partial charge in [-0.15, -0.1) is 0 Å². The minimum absolute atomic E-state index is 0.107. The summed E-state index contributed by atoms with van der Waals surface area (Å²) in [4.78, 5) is 21.2. The lowest BCUT2D eigenvalue weighted by Crippen LogP contribution is -2.55. The number of benzene rings is 1. The predicted molar refractivity (Wildman–Crippen MR) is 110 cm³/mol. The predicted octanol–water partition coefficient (Wildman–Crippen LogP) is 1.88. The van der Waals surface area contributed by atoms with E-state index in [1.807, 2.05) is 18.7 Å². The molecule has 0 bridgehead atoms. The maximum Gasteiger partial charge on any atom is 0.251 e. The van der Waals surface area contributed by atoms with Gasteiger partial charge in [0, 0.05) is 39.3 Å². The second kappa shape index (κ2) is 10.4. The number of para-hydroxylation sites is 1. The van der Waals surface area contributed by atoms with E-state index in [0.29, 0.717) is 39.3 Å². The molecule has 8 heteroatoms. The number of nitrogens with one attached hydrogen (secondary N) is 1. The smallest absolute Gasteiger partial charge is 0.251 e. The number of aliphatic imine (C=N–C) groups is 1. The van der Waals surface area contributed by atoms with Crippen LogP contribution in [0.4, 0.5) is 4.39 Å². The van der Waals surface area contributed by atoms with Crippen molar-refractivity contribution >= 4 is 11.9 Å². The Morgan fingerprint density at radius 3 is 2.69 bits per heavy atom. The first-order valence-corrected chi connectivity index (χ1v) is 10.4. The molecule has 0 spiro atoms. The summed E-state index contributed by atoms with van der Waals surface area (Å²) >= 11 is 0. The average molecular weight is 407 g/mol. The second-order valence-electron chi connectivity index (χ2n) is 7.37. The van der Waals surface area contributed by atoms with Crippen LogP contribution in [0.3, 0.4) is 0 Å². The molecule has 29 heavy (non-hydrogen) atoms. The number of guanidine groups is 1. The maximum atomic E-state index is 13.8. The number of carbonyl (C=O) groups is 1. The van der Waals surface area contributed by atoms with Crippen molar-refractivity contribution in [3.63, 3.8) is 0 Å². The summed E-state index contributed by atoms with van der Waals surface area (Å²) in [5.74, 6) is 0.764. The molecule has 0 aromatic heterocycles. The lowest BCUT2D eigenvalue weighted by atomic mass is 10.2. The number of carbonyl (C=O) groups excluding carboxylic acids is 1. The molecule has 2 saturated heterocycles. The monoisotopic (exact) mass is 406 g/mol. The SMILES string of the molecule is CCNC(=NCC(C)Oc1ccccc1F)N1CCN(C(=O)C2CCCO2)CC1. The lowest BCUT2D eigenvalue weighted by molar-refractivity contribution is -0.142. The maximum absolute atomic E-state index is 13.8. The van der Waals surface area contributed by atoms with E-state index >= 15 is 0 Å². The van der Waals surface area contributed by atoms with Crippen LogP contribution in [-0.2, 0) is 9.53 Å². The lowest BCUT2D eigenvalue weighted by Gasteiger charge is -2.37. The summed E-state index contributed by atoms with van der Waals surface area (Å²) < 4.78 is 24.9. The molecule has 1 amide bonds. The van der Waals surface area contributed by atoms with Gasteiger partial charge in [-0.2, -0.15) is 0 Å². The Morgan fingerprint density at radius 2 is 2.03 bits per heavy atom. The van der Waals surface area contributed by atoms with E-state index in [1.54, 1.807) is 18.2 Å². The van der Waals surface area contributed by atoms with Crippen LogP contribution in [0, 0.1) is 5.82 Å². The number of nitrogens with zero attached hydrogens (tertiary/aromatic N) is 3. The summed E-state index contributed by atoms with van der Waals surface area (Å²) in [6, 6.07) is 6.38. The summed E-state index contributed by atoms with van der Waals surface area (Å²) in [6.45, 7) is 8.47. The van der Waals surface area contributed by atoms with Crippen LogP contribution in [0.1, 0.15) is 26.7 Å². The van der Waals surface area contributed by atoms with Crippen LogP contribution in [-0.4, -0.2) is 79.7 Å². The number of rotatable bonds is 6. The van der Waals surface area contributed by atoms with E-state index in [2.05, 4.69) is 15.2 Å². The third kappa shape index (κ3) is 5.82. The highest BCUT2D eigenvalue weighted by Crippen LogP contribution is 2.18. The van der Waals surface area contributed by atoms with Crippen molar-refractivity contribution in [1.82, 2.24) is 15.1 Å². The van der Waals surface area contributed by atoms with Crippen molar-refractivity contribution in [2.75, 3.05) is 45.9 Å². The summed E-state index contributed by atoms with van der Waals surface area (Å²) in [7, 11) is 0. The molecule has 2 aliphatic heterocycles. The fourth-order valence-electron chi connectivity index (χ4n) is 3.55. The normalized spacial score (nSPS) is 21.2. The molecule has 3 rings (SSSR count). The van der Waals surface area contributed by atoms with Gasteiger partial charge in [-0.25, -0.2) is 9.38 Å². The molecule has 1 N–H and O–H groups in total. The Bertz CT molecular complexity index is 701. The molecule has 0 saturated carbocycles. The van der Waals surface area contributed by atoms with Crippen molar-refractivity contribution in [1.29, 1.82) is 0 Å². The molecule has 2 aliphatic rings. The molecule has 0 radical (unpaired) electrons. The molecular weight excluding hydrogens is 375 g/mol. The van der Waals surface area contributed by atoms with Gasteiger partial charge in [0.2, 0.25) is 0 Å². The standard InChI is InChI=1S/C21H31FN4O3/c1-3-23-21(24-15-16(2)29-18-8-5-4-7-17(18)22)26-12-10-25(11-13-26)20(27)19-9-6-14-28-19/h4-5,7-8,16,19H,3,6,9-15H2,1-2H3,(H,23,24). The van der Waals surface area contributed by atoms with Gasteiger partial charge in [-0.05, 0) is 38.8 Å². The van der Waals surface area contributed by atoms with Gasteiger partial charge < -0.3 is 24.6 Å². The van der Waals surface area contributed by atoms with Crippen molar-refractivity contribution in [3.8, 4) is 5.75 Å². The topological polar surface area (TPSA) is 66.4 Å². The Morgan fingerprint density at radius 1 is 1.31 bits per heavy atom. The average Bonchev–Trinajstić information content (AvgIpc) is 3.27. The largest absolute Gasteiger partial charge is 0.486 e. The first-order valence-electron chi connectivity index (χ1n) is 10.4. The number of ether oxygens (including phenoxy) is 2. The fourth-order valence-corrected chi connectivity index (χ4v) is 3.55. The van der Waals surface area contributed by atoms with E-state index in [0.717, 1.165) is 25.3 Å². The molecule has 7 nitrogen and oxygen atoms in total. The number of amides is 1. The molecule has 2 atom stereocenters. The van der Waals surface area contributed by atoms with Crippen LogP contribution in [0.5, 0.6) is 5.75 Å². The minimum Gasteiger partial charge on any atom is -0.486 e. The number of piperazine rings is 1. The van der Waals surface area contributed by atoms with Crippen molar-refractivity contribution in [3.05, 3.63) is 30.1 Å². The van der Waals surface area contributed by atoms with Crippen LogP contribution in [0.25, 0.3) is 0 Å². The van der Waals surface area contributed by atoms with Gasteiger partial charge >= 0.3 is 0 Å². The van der Waals surface area contributed by atoms with Crippen LogP contribution < -0.4 is 10.1 Å². The van der Waals surface area contributed by atoms with Gasteiger partial charge in [0.1, 0.15) is 12.2 Å². The Labute approximate surface area is 171 Å². The summed E-state index contributed by atoms with van der Waals surface area (Å²) in [6.07, 6.45) is 1.26. The molecule has 1 aromatic carbocycles. The zero-order chi connectivity index (χ0) is 20.6. The molecule has 2 heterocycles. The van der Waals surface area contributed by atoms with Crippen LogP contribution >= 0.6 is 0 Å². The third-order valence-electron chi connectivity index (χ3n) is 5.09. The molecule has 2 unspecified atom stereocenters. The van der Waals surface area contributed by atoms with E-state index in [9.17, 15) is 9.18 Å². The number of halogens is 1. The highest BCUT2D eigenvalue weighted by molar-refractivity contribution is 5.82.